The van der Waals surface area contributed by atoms with Crippen LogP contribution >= 0.6 is 0 Å². The van der Waals surface area contributed by atoms with Gasteiger partial charge in [-0.25, -0.2) is 15.0 Å². The maximum absolute atomic E-state index is 4.95. The molecule has 0 N–H and O–H groups in total. The van der Waals surface area contributed by atoms with Crippen molar-refractivity contribution in [1.82, 2.24) is 19.9 Å². The van der Waals surface area contributed by atoms with E-state index in [0.29, 0.717) is 17.5 Å². The molecule has 0 amide bonds. The van der Waals surface area contributed by atoms with E-state index in [-0.39, 0.29) is 0 Å². The van der Waals surface area contributed by atoms with Crippen LogP contribution in [0.2, 0.25) is 0 Å². The lowest BCUT2D eigenvalue weighted by Gasteiger charge is -2.34. The molecule has 0 atom stereocenters. The van der Waals surface area contributed by atoms with Crippen LogP contribution in [-0.2, 0) is 5.41 Å². The molecular weight excluding hydrogens is 669 g/mol. The summed E-state index contributed by atoms with van der Waals surface area (Å²) in [5.41, 5.74) is 14.4. The molecule has 0 spiro atoms. The van der Waals surface area contributed by atoms with E-state index >= 15 is 0 Å². The van der Waals surface area contributed by atoms with Crippen LogP contribution in [0.15, 0.2) is 207 Å². The van der Waals surface area contributed by atoms with Gasteiger partial charge in [0.25, 0.3) is 0 Å². The van der Waals surface area contributed by atoms with E-state index in [1.165, 1.54) is 33.4 Å². The fourth-order valence-electron chi connectivity index (χ4n) is 8.14. The molecule has 7 aromatic carbocycles. The Labute approximate surface area is 320 Å². The molecule has 0 saturated carbocycles. The lowest BCUT2D eigenvalue weighted by Crippen LogP contribution is -2.28. The largest absolute Gasteiger partial charge is 0.264 e. The zero-order valence-corrected chi connectivity index (χ0v) is 29.9. The minimum absolute atomic E-state index is 0.478. The van der Waals surface area contributed by atoms with E-state index in [4.69, 9.17) is 15.0 Å². The Hall–Kier alpha value is -7.30. The van der Waals surface area contributed by atoms with E-state index in [0.717, 1.165) is 38.9 Å². The van der Waals surface area contributed by atoms with E-state index in [1.54, 1.807) is 0 Å². The molecular formula is C51H34N4. The van der Waals surface area contributed by atoms with Gasteiger partial charge in [-0.2, -0.15) is 0 Å². The van der Waals surface area contributed by atoms with Crippen LogP contribution in [0.5, 0.6) is 0 Å². The van der Waals surface area contributed by atoms with Gasteiger partial charge in [-0.1, -0.05) is 176 Å². The highest BCUT2D eigenvalue weighted by atomic mass is 15.0. The molecule has 0 unspecified atom stereocenters. The zero-order chi connectivity index (χ0) is 36.6. The molecule has 1 aliphatic rings. The predicted molar refractivity (Wildman–Crippen MR) is 222 cm³/mol. The summed E-state index contributed by atoms with van der Waals surface area (Å²) in [5, 5.41) is 0. The van der Waals surface area contributed by atoms with Crippen LogP contribution in [0.4, 0.5) is 0 Å². The Bertz CT molecular complexity index is 2670. The summed E-state index contributed by atoms with van der Waals surface area (Å²) in [5.74, 6) is 1.94. The number of fused-ring (bicyclic) bond motifs is 3. The SMILES string of the molecule is c1ccc(-c2nc(-c3ccccc3)nc(-c3ccc(-c4ccc5c(c4)-c4cc(-c6cccnc6)ccc4C5(c4ccccc4)c4ccccc4)cc3)n2)cc1. The molecule has 0 aliphatic heterocycles. The first-order valence-electron chi connectivity index (χ1n) is 18.5. The van der Waals surface area contributed by atoms with Crippen LogP contribution in [0.3, 0.4) is 0 Å². The molecule has 4 nitrogen and oxygen atoms in total. The zero-order valence-electron chi connectivity index (χ0n) is 29.9. The maximum atomic E-state index is 4.95. The summed E-state index contributed by atoms with van der Waals surface area (Å²) in [6, 6.07) is 68.6. The van der Waals surface area contributed by atoms with Gasteiger partial charge in [-0.3, -0.25) is 4.98 Å². The lowest BCUT2D eigenvalue weighted by molar-refractivity contribution is 0.768. The number of hydrogen-bond acceptors (Lipinski definition) is 4. The van der Waals surface area contributed by atoms with Gasteiger partial charge in [0.15, 0.2) is 17.5 Å². The number of rotatable bonds is 7. The van der Waals surface area contributed by atoms with Crippen LogP contribution in [0, 0.1) is 0 Å². The van der Waals surface area contributed by atoms with Crippen LogP contribution in [0.25, 0.3) is 67.5 Å². The standard InChI is InChI=1S/C51H34N4/c1-5-14-36(15-6-1)48-53-49(37-16-7-2-8-17-37)55-50(54-48)38-25-23-35(24-26-38)39-27-29-46-44(32-39)45-33-40(41-18-13-31-52-34-41)28-30-47(45)51(46,42-19-9-3-10-20-42)43-21-11-4-12-22-43/h1-34H. The molecule has 0 saturated heterocycles. The summed E-state index contributed by atoms with van der Waals surface area (Å²) in [6.45, 7) is 0. The van der Waals surface area contributed by atoms with Crippen molar-refractivity contribution in [2.24, 2.45) is 0 Å². The third-order valence-corrected chi connectivity index (χ3v) is 10.7. The van der Waals surface area contributed by atoms with Gasteiger partial charge in [-0.15, -0.1) is 0 Å². The van der Waals surface area contributed by atoms with Gasteiger partial charge in [-0.05, 0) is 68.3 Å². The molecule has 0 radical (unpaired) electrons. The molecule has 55 heavy (non-hydrogen) atoms. The Kier molecular flexibility index (Phi) is 8.00. The Morgan fingerprint density at radius 3 is 1.15 bits per heavy atom. The fourth-order valence-corrected chi connectivity index (χ4v) is 8.14. The second kappa shape index (κ2) is 13.6. The topological polar surface area (TPSA) is 51.6 Å². The Morgan fingerprint density at radius 1 is 0.309 bits per heavy atom. The summed E-state index contributed by atoms with van der Waals surface area (Å²) in [4.78, 5) is 19.2. The summed E-state index contributed by atoms with van der Waals surface area (Å²) in [6.07, 6.45) is 3.76. The number of benzene rings is 7. The smallest absolute Gasteiger partial charge is 0.164 e. The third-order valence-electron chi connectivity index (χ3n) is 10.7. The molecule has 0 bridgehead atoms. The second-order valence-corrected chi connectivity index (χ2v) is 13.9. The van der Waals surface area contributed by atoms with Crippen molar-refractivity contribution in [1.29, 1.82) is 0 Å². The van der Waals surface area contributed by atoms with Crippen molar-refractivity contribution in [2.75, 3.05) is 0 Å². The average Bonchev–Trinajstić information content (AvgIpc) is 3.57. The average molecular weight is 703 g/mol. The molecule has 4 heteroatoms. The van der Waals surface area contributed by atoms with Crippen molar-refractivity contribution < 1.29 is 0 Å². The first-order chi connectivity index (χ1) is 27.3. The van der Waals surface area contributed by atoms with Gasteiger partial charge in [0.1, 0.15) is 0 Å². The Morgan fingerprint density at radius 2 is 0.691 bits per heavy atom. The van der Waals surface area contributed by atoms with Crippen LogP contribution in [-0.4, -0.2) is 19.9 Å². The van der Waals surface area contributed by atoms with Crippen LogP contribution in [0.1, 0.15) is 22.3 Å². The first-order valence-corrected chi connectivity index (χ1v) is 18.5. The lowest BCUT2D eigenvalue weighted by atomic mass is 9.67. The van der Waals surface area contributed by atoms with Gasteiger partial charge in [0.05, 0.1) is 5.41 Å². The van der Waals surface area contributed by atoms with Crippen molar-refractivity contribution in [3.63, 3.8) is 0 Å². The highest BCUT2D eigenvalue weighted by Gasteiger charge is 2.46. The predicted octanol–water partition coefficient (Wildman–Crippen LogP) is 12.0. The maximum Gasteiger partial charge on any atom is 0.164 e. The Balaban J connectivity index is 1.11. The quantitative estimate of drug-likeness (QED) is 0.166. The van der Waals surface area contributed by atoms with E-state index in [1.807, 2.05) is 79.1 Å². The van der Waals surface area contributed by atoms with Crippen molar-refractivity contribution in [3.05, 3.63) is 229 Å². The molecule has 9 aromatic rings. The highest BCUT2D eigenvalue weighted by molar-refractivity contribution is 5.91. The minimum atomic E-state index is -0.478. The molecule has 0 fully saturated rings. The molecule has 10 rings (SSSR count). The fraction of sp³-hybridized carbons (Fsp3) is 0.0196. The number of nitrogens with zero attached hydrogens (tertiary/aromatic N) is 4. The summed E-state index contributed by atoms with van der Waals surface area (Å²) < 4.78 is 0. The minimum Gasteiger partial charge on any atom is -0.264 e. The van der Waals surface area contributed by atoms with E-state index < -0.39 is 5.41 Å². The molecule has 2 heterocycles. The molecule has 2 aromatic heterocycles. The van der Waals surface area contributed by atoms with Gasteiger partial charge >= 0.3 is 0 Å². The highest BCUT2D eigenvalue weighted by Crippen LogP contribution is 2.57. The van der Waals surface area contributed by atoms with Gasteiger partial charge in [0.2, 0.25) is 0 Å². The number of aromatic nitrogens is 4. The second-order valence-electron chi connectivity index (χ2n) is 13.9. The van der Waals surface area contributed by atoms with E-state index in [9.17, 15) is 0 Å². The number of hydrogen-bond donors (Lipinski definition) is 0. The van der Waals surface area contributed by atoms with Crippen molar-refractivity contribution in [2.45, 2.75) is 5.41 Å². The van der Waals surface area contributed by atoms with Crippen molar-refractivity contribution >= 4 is 0 Å². The summed E-state index contributed by atoms with van der Waals surface area (Å²) >= 11 is 0. The third kappa shape index (κ3) is 5.63. The van der Waals surface area contributed by atoms with Crippen molar-refractivity contribution in [3.8, 4) is 67.5 Å². The molecule has 1 aliphatic carbocycles. The first kappa shape index (κ1) is 32.4. The van der Waals surface area contributed by atoms with E-state index in [2.05, 4.69) is 132 Å². The monoisotopic (exact) mass is 702 g/mol. The summed E-state index contributed by atoms with van der Waals surface area (Å²) in [7, 11) is 0. The number of pyridine rings is 1. The normalized spacial score (nSPS) is 12.5. The van der Waals surface area contributed by atoms with Crippen LogP contribution < -0.4 is 0 Å². The van der Waals surface area contributed by atoms with Gasteiger partial charge in [0, 0.05) is 34.6 Å². The molecule has 258 valence electrons. The van der Waals surface area contributed by atoms with Gasteiger partial charge < -0.3 is 0 Å².